The molecule has 0 radical (unpaired) electrons. The molecule has 0 saturated carbocycles. The van der Waals surface area contributed by atoms with Crippen LogP contribution in [0.1, 0.15) is 17.2 Å². The van der Waals surface area contributed by atoms with Crippen LogP contribution in [0.3, 0.4) is 0 Å². The lowest BCUT2D eigenvalue weighted by Gasteiger charge is -2.16. The Bertz CT molecular complexity index is 601. The van der Waals surface area contributed by atoms with Crippen molar-refractivity contribution in [2.45, 2.75) is 12.6 Å². The molecule has 104 valence electrons. The van der Waals surface area contributed by atoms with Gasteiger partial charge in [0, 0.05) is 15.7 Å². The Morgan fingerprint density at radius 1 is 1.20 bits per heavy atom. The molecule has 2 aromatic carbocycles. The summed E-state index contributed by atoms with van der Waals surface area (Å²) >= 11 is 2.09. The lowest BCUT2D eigenvalue weighted by molar-refractivity contribution is -0.139. The molecule has 0 aliphatic carbocycles. The highest BCUT2D eigenvalue weighted by molar-refractivity contribution is 14.1. The van der Waals surface area contributed by atoms with Crippen LogP contribution in [-0.2, 0) is 11.3 Å². The van der Waals surface area contributed by atoms with Crippen molar-refractivity contribution in [2.75, 3.05) is 0 Å². The topological polar surface area (TPSA) is 69.6 Å². The number of phenols is 1. The third-order valence-corrected chi connectivity index (χ3v) is 3.57. The van der Waals surface area contributed by atoms with Gasteiger partial charge >= 0.3 is 5.97 Å². The number of rotatable bonds is 5. The van der Waals surface area contributed by atoms with E-state index >= 15 is 0 Å². The highest BCUT2D eigenvalue weighted by Crippen LogP contribution is 2.26. The number of carboxylic acid groups (broad SMARTS) is 1. The van der Waals surface area contributed by atoms with Gasteiger partial charge in [-0.05, 0) is 46.4 Å². The predicted molar refractivity (Wildman–Crippen MR) is 84.5 cm³/mol. The number of aliphatic carboxylic acids is 1. The number of phenolic OH excluding ortho intramolecular Hbond substituents is 1. The van der Waals surface area contributed by atoms with Gasteiger partial charge < -0.3 is 10.2 Å². The zero-order chi connectivity index (χ0) is 14.5. The molecule has 0 aliphatic heterocycles. The van der Waals surface area contributed by atoms with Crippen molar-refractivity contribution in [2.24, 2.45) is 0 Å². The predicted octanol–water partition coefficient (Wildman–Crippen LogP) is 2.91. The molecule has 3 N–H and O–H groups in total. The number of halogens is 1. The monoisotopic (exact) mass is 383 g/mol. The number of carbonyl (C=O) groups is 1. The maximum atomic E-state index is 11.4. The fraction of sp³-hybridized carbons (Fsp3) is 0.133. The van der Waals surface area contributed by atoms with E-state index in [0.717, 1.165) is 9.13 Å². The average Bonchev–Trinajstić information content (AvgIpc) is 2.43. The summed E-state index contributed by atoms with van der Waals surface area (Å²) in [7, 11) is 0. The summed E-state index contributed by atoms with van der Waals surface area (Å²) in [5.41, 5.74) is 1.36. The maximum Gasteiger partial charge on any atom is 0.325 e. The van der Waals surface area contributed by atoms with Gasteiger partial charge in [0.1, 0.15) is 11.8 Å². The second-order valence-electron chi connectivity index (χ2n) is 4.34. The summed E-state index contributed by atoms with van der Waals surface area (Å²) in [6, 6.07) is 13.5. The van der Waals surface area contributed by atoms with Gasteiger partial charge in [-0.2, -0.15) is 0 Å². The Hall–Kier alpha value is -1.60. The molecule has 0 bridgehead atoms. The first-order valence-electron chi connectivity index (χ1n) is 6.06. The number of aromatic hydroxyl groups is 1. The molecule has 5 heteroatoms. The van der Waals surface area contributed by atoms with E-state index in [1.54, 1.807) is 12.1 Å². The molecule has 0 aromatic heterocycles. The van der Waals surface area contributed by atoms with Crippen LogP contribution in [0.2, 0.25) is 0 Å². The molecule has 0 heterocycles. The Morgan fingerprint density at radius 2 is 1.90 bits per heavy atom. The normalized spacial score (nSPS) is 12.1. The molecule has 2 rings (SSSR count). The SMILES string of the molecule is O=C(O)C(NCc1ccccc1)c1cc(I)ccc1O. The van der Waals surface area contributed by atoms with Gasteiger partial charge in [0.15, 0.2) is 0 Å². The van der Waals surface area contributed by atoms with Crippen LogP contribution in [0.4, 0.5) is 0 Å². The molecule has 0 aliphatic rings. The quantitative estimate of drug-likeness (QED) is 0.695. The van der Waals surface area contributed by atoms with Gasteiger partial charge in [0.25, 0.3) is 0 Å². The van der Waals surface area contributed by atoms with Crippen LogP contribution < -0.4 is 5.32 Å². The van der Waals surface area contributed by atoms with Crippen molar-refractivity contribution in [1.82, 2.24) is 5.32 Å². The number of hydrogen-bond acceptors (Lipinski definition) is 3. The molecule has 0 fully saturated rings. The van der Waals surface area contributed by atoms with Crippen molar-refractivity contribution in [3.8, 4) is 5.75 Å². The highest BCUT2D eigenvalue weighted by Gasteiger charge is 2.22. The van der Waals surface area contributed by atoms with Crippen LogP contribution in [0, 0.1) is 3.57 Å². The fourth-order valence-corrected chi connectivity index (χ4v) is 2.42. The summed E-state index contributed by atoms with van der Waals surface area (Å²) in [5.74, 6) is -1.03. The Morgan fingerprint density at radius 3 is 2.55 bits per heavy atom. The van der Waals surface area contributed by atoms with E-state index in [-0.39, 0.29) is 5.75 Å². The van der Waals surface area contributed by atoms with E-state index in [0.29, 0.717) is 12.1 Å². The van der Waals surface area contributed by atoms with Crippen molar-refractivity contribution in [3.05, 3.63) is 63.2 Å². The number of hydrogen-bond donors (Lipinski definition) is 3. The smallest absolute Gasteiger partial charge is 0.325 e. The van der Waals surface area contributed by atoms with E-state index < -0.39 is 12.0 Å². The van der Waals surface area contributed by atoms with Gasteiger partial charge in [-0.15, -0.1) is 0 Å². The zero-order valence-corrected chi connectivity index (χ0v) is 12.7. The zero-order valence-electron chi connectivity index (χ0n) is 10.6. The summed E-state index contributed by atoms with van der Waals surface area (Å²) in [6.45, 7) is 0.419. The Balaban J connectivity index is 2.19. The minimum atomic E-state index is -1.02. The summed E-state index contributed by atoms with van der Waals surface area (Å²) in [6.07, 6.45) is 0. The van der Waals surface area contributed by atoms with Crippen LogP contribution in [0.15, 0.2) is 48.5 Å². The summed E-state index contributed by atoms with van der Waals surface area (Å²) < 4.78 is 0.878. The first-order valence-corrected chi connectivity index (χ1v) is 7.14. The summed E-state index contributed by atoms with van der Waals surface area (Å²) in [5, 5.41) is 22.1. The standard InChI is InChI=1S/C15H14INO3/c16-11-6-7-13(18)12(8-11)14(15(19)20)17-9-10-4-2-1-3-5-10/h1-8,14,17-18H,9H2,(H,19,20). The van der Waals surface area contributed by atoms with E-state index in [9.17, 15) is 15.0 Å². The van der Waals surface area contributed by atoms with Gasteiger partial charge in [0.05, 0.1) is 0 Å². The minimum Gasteiger partial charge on any atom is -0.508 e. The molecule has 0 saturated heterocycles. The van der Waals surface area contributed by atoms with Crippen molar-refractivity contribution in [1.29, 1.82) is 0 Å². The van der Waals surface area contributed by atoms with Gasteiger partial charge in [0.2, 0.25) is 0 Å². The summed E-state index contributed by atoms with van der Waals surface area (Å²) in [4.78, 5) is 11.4. The van der Waals surface area contributed by atoms with Gasteiger partial charge in [-0.1, -0.05) is 30.3 Å². The molecule has 20 heavy (non-hydrogen) atoms. The Labute approximate surface area is 130 Å². The lowest BCUT2D eigenvalue weighted by Crippen LogP contribution is -2.28. The maximum absolute atomic E-state index is 11.4. The van der Waals surface area contributed by atoms with E-state index in [2.05, 4.69) is 27.9 Å². The van der Waals surface area contributed by atoms with Crippen LogP contribution >= 0.6 is 22.6 Å². The van der Waals surface area contributed by atoms with Crippen molar-refractivity contribution >= 4 is 28.6 Å². The van der Waals surface area contributed by atoms with Crippen LogP contribution in [0.25, 0.3) is 0 Å². The van der Waals surface area contributed by atoms with Crippen LogP contribution in [-0.4, -0.2) is 16.2 Å². The Kier molecular flexibility index (Phi) is 4.97. The largest absolute Gasteiger partial charge is 0.508 e. The molecule has 0 amide bonds. The second-order valence-corrected chi connectivity index (χ2v) is 5.59. The fourth-order valence-electron chi connectivity index (χ4n) is 1.90. The van der Waals surface area contributed by atoms with Crippen molar-refractivity contribution in [3.63, 3.8) is 0 Å². The number of nitrogens with one attached hydrogen (secondary N) is 1. The number of carboxylic acids is 1. The van der Waals surface area contributed by atoms with Gasteiger partial charge in [-0.3, -0.25) is 10.1 Å². The molecule has 1 atom stereocenters. The van der Waals surface area contributed by atoms with E-state index in [4.69, 9.17) is 0 Å². The number of benzene rings is 2. The van der Waals surface area contributed by atoms with Gasteiger partial charge in [-0.25, -0.2) is 0 Å². The third kappa shape index (κ3) is 3.71. The van der Waals surface area contributed by atoms with Crippen LogP contribution in [0.5, 0.6) is 5.75 Å². The minimum absolute atomic E-state index is 0.0154. The van der Waals surface area contributed by atoms with E-state index in [1.165, 1.54) is 6.07 Å². The van der Waals surface area contributed by atoms with E-state index in [1.807, 2.05) is 30.3 Å². The first-order chi connectivity index (χ1) is 9.58. The third-order valence-electron chi connectivity index (χ3n) is 2.90. The molecular weight excluding hydrogens is 369 g/mol. The van der Waals surface area contributed by atoms with Crippen molar-refractivity contribution < 1.29 is 15.0 Å². The molecule has 0 spiro atoms. The molecular formula is C15H14INO3. The first kappa shape index (κ1) is 14.8. The molecule has 4 nitrogen and oxygen atoms in total. The molecule has 2 aromatic rings. The second kappa shape index (κ2) is 6.71. The molecule has 1 unspecified atom stereocenters. The lowest BCUT2D eigenvalue weighted by atomic mass is 10.1. The average molecular weight is 383 g/mol. The highest BCUT2D eigenvalue weighted by atomic mass is 127.